The zero-order chi connectivity index (χ0) is 29.3. The molecule has 5 rings (SSSR count). The lowest BCUT2D eigenvalue weighted by molar-refractivity contribution is -0.142. The predicted molar refractivity (Wildman–Crippen MR) is 171 cm³/mol. The van der Waals surface area contributed by atoms with Crippen LogP contribution < -0.4 is 10.6 Å². The number of ether oxygens (including phenoxy) is 1. The SMILES string of the molecule is COC(=O)[C@H](CCSC)NC(=O)c1ccc(NCc2cn(Cc3ccc4ccccc4c3)cn2)cc1-c1ccccc1. The molecule has 1 heterocycles. The van der Waals surface area contributed by atoms with Gasteiger partial charge in [0.2, 0.25) is 0 Å². The van der Waals surface area contributed by atoms with Crippen molar-refractivity contribution >= 4 is 40.1 Å². The molecule has 0 radical (unpaired) electrons. The van der Waals surface area contributed by atoms with Crippen molar-refractivity contribution in [2.45, 2.75) is 25.6 Å². The van der Waals surface area contributed by atoms with E-state index in [1.54, 1.807) is 17.8 Å². The van der Waals surface area contributed by atoms with E-state index in [0.717, 1.165) is 34.8 Å². The molecule has 0 fully saturated rings. The van der Waals surface area contributed by atoms with Gasteiger partial charge in [0.15, 0.2) is 0 Å². The highest BCUT2D eigenvalue weighted by atomic mass is 32.2. The molecule has 0 aliphatic carbocycles. The molecule has 42 heavy (non-hydrogen) atoms. The molecule has 0 unspecified atom stereocenters. The van der Waals surface area contributed by atoms with E-state index in [0.29, 0.717) is 18.5 Å². The molecule has 1 atom stereocenters. The number of imidazole rings is 1. The van der Waals surface area contributed by atoms with Gasteiger partial charge in [0.05, 0.1) is 25.7 Å². The summed E-state index contributed by atoms with van der Waals surface area (Å²) >= 11 is 1.61. The van der Waals surface area contributed by atoms with Crippen LogP contribution in [0.3, 0.4) is 0 Å². The van der Waals surface area contributed by atoms with Crippen LogP contribution in [0.4, 0.5) is 5.69 Å². The van der Waals surface area contributed by atoms with Crippen LogP contribution in [0.2, 0.25) is 0 Å². The summed E-state index contributed by atoms with van der Waals surface area (Å²) in [5.41, 5.74) is 5.16. The molecule has 0 bridgehead atoms. The number of esters is 1. The van der Waals surface area contributed by atoms with Crippen LogP contribution in [0.5, 0.6) is 0 Å². The van der Waals surface area contributed by atoms with Crippen LogP contribution in [-0.4, -0.2) is 46.6 Å². The van der Waals surface area contributed by atoms with E-state index in [4.69, 9.17) is 4.74 Å². The van der Waals surface area contributed by atoms with Crippen LogP contribution in [0, 0.1) is 0 Å². The third-order valence-electron chi connectivity index (χ3n) is 7.09. The number of hydrogen-bond acceptors (Lipinski definition) is 6. The van der Waals surface area contributed by atoms with Gasteiger partial charge in [0.1, 0.15) is 6.04 Å². The van der Waals surface area contributed by atoms with E-state index >= 15 is 0 Å². The second-order valence-electron chi connectivity index (χ2n) is 10.0. The highest BCUT2D eigenvalue weighted by Gasteiger charge is 2.23. The van der Waals surface area contributed by atoms with Crippen molar-refractivity contribution in [2.75, 3.05) is 24.4 Å². The first-order valence-corrected chi connectivity index (χ1v) is 15.2. The first kappa shape index (κ1) is 29.0. The summed E-state index contributed by atoms with van der Waals surface area (Å²) in [5, 5.41) is 8.79. The lowest BCUT2D eigenvalue weighted by atomic mass is 9.98. The highest BCUT2D eigenvalue weighted by Crippen LogP contribution is 2.28. The standard InChI is InChI=1S/C34H34N4O3S/c1-41-34(40)32(16-17-42-2)37-33(39)30-15-14-28(19-31(30)26-9-4-3-5-10-26)35-20-29-22-38(23-36-29)21-24-12-13-25-8-6-7-11-27(25)18-24/h3-15,18-19,22-23,32,35H,16-17,20-21H2,1-2H3,(H,37,39)/t32-/m0/s1. The minimum absolute atomic E-state index is 0.315. The van der Waals surface area contributed by atoms with Crippen LogP contribution in [-0.2, 0) is 22.6 Å². The number of benzene rings is 4. The van der Waals surface area contributed by atoms with E-state index in [2.05, 4.69) is 62.6 Å². The first-order chi connectivity index (χ1) is 20.5. The van der Waals surface area contributed by atoms with Crippen LogP contribution in [0.15, 0.2) is 104 Å². The predicted octanol–water partition coefficient (Wildman–Crippen LogP) is 6.39. The number of nitrogens with one attached hydrogen (secondary N) is 2. The number of rotatable bonds is 12. The van der Waals surface area contributed by atoms with E-state index < -0.39 is 12.0 Å². The van der Waals surface area contributed by atoms with Gasteiger partial charge in [-0.3, -0.25) is 4.79 Å². The number of aromatic nitrogens is 2. The summed E-state index contributed by atoms with van der Waals surface area (Å²) in [5.74, 6) is -0.0340. The Kier molecular flexibility index (Phi) is 9.56. The molecule has 5 aromatic rings. The van der Waals surface area contributed by atoms with E-state index in [-0.39, 0.29) is 5.91 Å². The number of fused-ring (bicyclic) bond motifs is 1. The number of anilines is 1. The zero-order valence-corrected chi connectivity index (χ0v) is 24.6. The monoisotopic (exact) mass is 578 g/mol. The van der Waals surface area contributed by atoms with Gasteiger partial charge in [-0.05, 0) is 70.2 Å². The fourth-order valence-corrected chi connectivity index (χ4v) is 5.37. The minimum Gasteiger partial charge on any atom is -0.467 e. The first-order valence-electron chi connectivity index (χ1n) is 13.8. The van der Waals surface area contributed by atoms with Crippen molar-refractivity contribution in [2.24, 2.45) is 0 Å². The van der Waals surface area contributed by atoms with Crippen molar-refractivity contribution in [1.29, 1.82) is 0 Å². The number of methoxy groups -OCH3 is 1. The second kappa shape index (κ2) is 13.9. The average Bonchev–Trinajstić information content (AvgIpc) is 3.48. The van der Waals surface area contributed by atoms with Gasteiger partial charge < -0.3 is 19.9 Å². The summed E-state index contributed by atoms with van der Waals surface area (Å²) in [4.78, 5) is 30.3. The molecule has 0 saturated heterocycles. The summed E-state index contributed by atoms with van der Waals surface area (Å²) < 4.78 is 7.01. The largest absolute Gasteiger partial charge is 0.467 e. The molecule has 1 amide bonds. The molecular weight excluding hydrogens is 544 g/mol. The number of nitrogens with zero attached hydrogens (tertiary/aromatic N) is 2. The Morgan fingerprint density at radius 3 is 2.52 bits per heavy atom. The molecule has 1 aromatic heterocycles. The van der Waals surface area contributed by atoms with Gasteiger partial charge in [0.25, 0.3) is 5.91 Å². The maximum absolute atomic E-state index is 13.4. The molecule has 4 aromatic carbocycles. The topological polar surface area (TPSA) is 85.2 Å². The van der Waals surface area contributed by atoms with Crippen molar-refractivity contribution in [3.05, 3.63) is 120 Å². The molecule has 0 aliphatic heterocycles. The Labute approximate surface area is 250 Å². The van der Waals surface area contributed by atoms with Crippen LogP contribution >= 0.6 is 11.8 Å². The maximum atomic E-state index is 13.4. The Bertz CT molecular complexity index is 1670. The summed E-state index contributed by atoms with van der Waals surface area (Å²) in [6.45, 7) is 1.27. The number of carbonyl (C=O) groups is 2. The van der Waals surface area contributed by atoms with Gasteiger partial charge >= 0.3 is 5.97 Å². The molecule has 0 spiro atoms. The number of amides is 1. The normalized spacial score (nSPS) is 11.7. The quantitative estimate of drug-likeness (QED) is 0.167. The molecule has 7 nitrogen and oxygen atoms in total. The van der Waals surface area contributed by atoms with E-state index in [9.17, 15) is 9.59 Å². The number of hydrogen-bond donors (Lipinski definition) is 2. The van der Waals surface area contributed by atoms with Gasteiger partial charge in [-0.15, -0.1) is 0 Å². The van der Waals surface area contributed by atoms with Crippen molar-refractivity contribution in [1.82, 2.24) is 14.9 Å². The highest BCUT2D eigenvalue weighted by molar-refractivity contribution is 7.98. The smallest absolute Gasteiger partial charge is 0.328 e. The van der Waals surface area contributed by atoms with Gasteiger partial charge in [-0.1, -0.05) is 66.7 Å². The van der Waals surface area contributed by atoms with Crippen molar-refractivity contribution in [3.8, 4) is 11.1 Å². The fraction of sp³-hybridized carbons (Fsp3) is 0.206. The molecule has 0 aliphatic rings. The number of carbonyl (C=O) groups excluding carboxylic acids is 2. The van der Waals surface area contributed by atoms with E-state index in [1.165, 1.54) is 23.4 Å². The average molecular weight is 579 g/mol. The van der Waals surface area contributed by atoms with Crippen LogP contribution in [0.25, 0.3) is 21.9 Å². The van der Waals surface area contributed by atoms with Gasteiger partial charge in [-0.25, -0.2) is 9.78 Å². The number of thioether (sulfide) groups is 1. The maximum Gasteiger partial charge on any atom is 0.328 e. The fourth-order valence-electron chi connectivity index (χ4n) is 4.90. The molecule has 214 valence electrons. The molecular formula is C34H34N4O3S. The van der Waals surface area contributed by atoms with Gasteiger partial charge in [0, 0.05) is 24.0 Å². The summed E-state index contributed by atoms with van der Waals surface area (Å²) in [6.07, 6.45) is 6.35. The van der Waals surface area contributed by atoms with Crippen molar-refractivity contribution < 1.29 is 14.3 Å². The lowest BCUT2D eigenvalue weighted by Crippen LogP contribution is -2.42. The lowest BCUT2D eigenvalue weighted by Gasteiger charge is -2.18. The minimum atomic E-state index is -0.707. The Morgan fingerprint density at radius 1 is 0.952 bits per heavy atom. The van der Waals surface area contributed by atoms with Gasteiger partial charge in [-0.2, -0.15) is 11.8 Å². The summed E-state index contributed by atoms with van der Waals surface area (Å²) in [7, 11) is 1.34. The Hall–Kier alpha value is -4.56. The third-order valence-corrected chi connectivity index (χ3v) is 7.73. The molecule has 0 saturated carbocycles. The molecule has 2 N–H and O–H groups in total. The second-order valence-corrected chi connectivity index (χ2v) is 11.0. The van der Waals surface area contributed by atoms with Crippen LogP contribution in [0.1, 0.15) is 28.0 Å². The van der Waals surface area contributed by atoms with E-state index in [1.807, 2.05) is 61.2 Å². The molecule has 8 heteroatoms. The van der Waals surface area contributed by atoms with Crippen molar-refractivity contribution in [3.63, 3.8) is 0 Å². The third kappa shape index (κ3) is 7.19. The Morgan fingerprint density at radius 2 is 1.74 bits per heavy atom. The Balaban J connectivity index is 1.30. The zero-order valence-electron chi connectivity index (χ0n) is 23.7. The summed E-state index contributed by atoms with van der Waals surface area (Å²) in [6, 6.07) is 29.6.